The predicted molar refractivity (Wildman–Crippen MR) is 135 cm³/mol. The topological polar surface area (TPSA) is 135 Å². The summed E-state index contributed by atoms with van der Waals surface area (Å²) in [6.07, 6.45) is -1.62. The average molecular weight is 543 g/mol. The number of carboxylic acid groups (broad SMARTS) is 1. The predicted octanol–water partition coefficient (Wildman–Crippen LogP) is 4.24. The van der Waals surface area contributed by atoms with Gasteiger partial charge >= 0.3 is 5.97 Å². The first kappa shape index (κ1) is 27.5. The molecule has 4 rings (SSSR count). The Morgan fingerprint density at radius 3 is 2.46 bits per heavy atom. The average Bonchev–Trinajstić information content (AvgIpc) is 3.27. The first-order chi connectivity index (χ1) is 18.4. The van der Waals surface area contributed by atoms with Crippen molar-refractivity contribution in [2.45, 2.75) is 32.5 Å². The molecule has 0 fully saturated rings. The highest BCUT2D eigenvalue weighted by Gasteiger charge is 2.36. The van der Waals surface area contributed by atoms with Gasteiger partial charge in [-0.25, -0.2) is 27.9 Å². The van der Waals surface area contributed by atoms with E-state index < -0.39 is 29.5 Å². The quantitative estimate of drug-likeness (QED) is 0.284. The minimum Gasteiger partial charge on any atom is -0.479 e. The van der Waals surface area contributed by atoms with E-state index in [4.69, 9.17) is 4.74 Å². The number of pyridine rings is 1. The molecule has 0 bridgehead atoms. The second-order valence-electron chi connectivity index (χ2n) is 8.84. The third-order valence-corrected chi connectivity index (χ3v) is 6.04. The van der Waals surface area contributed by atoms with Crippen LogP contribution in [0.3, 0.4) is 0 Å². The second-order valence-corrected chi connectivity index (χ2v) is 8.84. The lowest BCUT2D eigenvalue weighted by molar-refractivity contribution is -0.158. The van der Waals surface area contributed by atoms with Crippen molar-refractivity contribution in [1.82, 2.24) is 24.5 Å². The van der Waals surface area contributed by atoms with Crippen LogP contribution in [-0.4, -0.2) is 47.7 Å². The minimum atomic E-state index is -2.84. The number of hydrogen-bond donors (Lipinski definition) is 3. The van der Waals surface area contributed by atoms with Gasteiger partial charge in [0.15, 0.2) is 0 Å². The van der Waals surface area contributed by atoms with Crippen LogP contribution < -0.4 is 10.1 Å². The van der Waals surface area contributed by atoms with Crippen LogP contribution in [0.1, 0.15) is 36.3 Å². The monoisotopic (exact) mass is 542 g/mol. The first-order valence-electron chi connectivity index (χ1n) is 11.6. The number of hydrogen-bond acceptors (Lipinski definition) is 8. The van der Waals surface area contributed by atoms with Crippen molar-refractivity contribution in [3.05, 3.63) is 71.3 Å². The number of aliphatic hydroxyl groups is 1. The van der Waals surface area contributed by atoms with Crippen molar-refractivity contribution in [2.75, 3.05) is 12.4 Å². The molecular weight excluding hydrogens is 517 g/mol. The number of nitrogens with zero attached hydrogens (tertiary/aromatic N) is 5. The molecule has 0 aliphatic heterocycles. The number of carbonyl (C=O) groups is 1. The van der Waals surface area contributed by atoms with Gasteiger partial charge in [0, 0.05) is 25.4 Å². The lowest BCUT2D eigenvalue weighted by Crippen LogP contribution is -2.34. The van der Waals surface area contributed by atoms with Crippen LogP contribution in [0.5, 0.6) is 5.88 Å². The van der Waals surface area contributed by atoms with Gasteiger partial charge in [-0.1, -0.05) is 0 Å². The van der Waals surface area contributed by atoms with Gasteiger partial charge in [-0.3, -0.25) is 4.98 Å². The van der Waals surface area contributed by atoms with Crippen LogP contribution in [0.25, 0.3) is 22.4 Å². The summed E-state index contributed by atoms with van der Waals surface area (Å²) in [4.78, 5) is 28.5. The van der Waals surface area contributed by atoms with Crippen molar-refractivity contribution in [3.8, 4) is 28.3 Å². The summed E-state index contributed by atoms with van der Waals surface area (Å²) >= 11 is 0. The molecule has 3 heterocycles. The number of alkyl halides is 2. The number of halogens is 3. The molecule has 3 aromatic heterocycles. The first-order valence-corrected chi connectivity index (χ1v) is 11.6. The van der Waals surface area contributed by atoms with Crippen molar-refractivity contribution < 1.29 is 32.9 Å². The largest absolute Gasteiger partial charge is 0.479 e. The summed E-state index contributed by atoms with van der Waals surface area (Å²) in [6, 6.07) is 8.25. The highest BCUT2D eigenvalue weighted by atomic mass is 19.3. The number of imidazole rings is 1. The maximum Gasteiger partial charge on any atom is 0.341 e. The summed E-state index contributed by atoms with van der Waals surface area (Å²) in [5.74, 6) is -1.54. The fraction of sp³-hybridized carbons (Fsp3) is 0.269. The lowest BCUT2D eigenvalue weighted by Gasteiger charge is -2.19. The zero-order valence-corrected chi connectivity index (χ0v) is 21.4. The Morgan fingerprint density at radius 1 is 1.15 bits per heavy atom. The van der Waals surface area contributed by atoms with Crippen molar-refractivity contribution in [1.29, 1.82) is 0 Å². The number of ether oxygens (including phenoxy) is 1. The van der Waals surface area contributed by atoms with Gasteiger partial charge in [0.1, 0.15) is 23.9 Å². The van der Waals surface area contributed by atoms with Gasteiger partial charge in [-0.2, -0.15) is 4.98 Å². The van der Waals surface area contributed by atoms with Gasteiger partial charge in [0.05, 0.1) is 23.1 Å². The van der Waals surface area contributed by atoms with Gasteiger partial charge in [0.2, 0.25) is 17.4 Å². The standard InChI is InChI=1S/C26H25F3N6O4/c1-13-9-15(10-17(32-13)22(28)29)20-21(14-5-7-16(27)8-6-14)33-25(30-3)34-23(20)39-12-19-31-11-18(35(19)4)26(2,38)24(36)37/h5-11,22,38H,12H2,1-4H3,(H,36,37)(H,30,33,34). The molecule has 13 heteroatoms. The fourth-order valence-corrected chi connectivity index (χ4v) is 3.96. The molecule has 0 aliphatic carbocycles. The minimum absolute atomic E-state index is 0.00552. The Balaban J connectivity index is 1.87. The summed E-state index contributed by atoms with van der Waals surface area (Å²) < 4.78 is 48.4. The van der Waals surface area contributed by atoms with E-state index in [1.54, 1.807) is 20.0 Å². The molecular formula is C26H25F3N6O4. The molecule has 0 spiro atoms. The van der Waals surface area contributed by atoms with Gasteiger partial charge in [-0.15, -0.1) is 0 Å². The maximum absolute atomic E-state index is 13.7. The number of anilines is 1. The molecule has 1 aromatic carbocycles. The smallest absolute Gasteiger partial charge is 0.341 e. The van der Waals surface area contributed by atoms with E-state index in [1.165, 1.54) is 48.1 Å². The molecule has 0 aliphatic rings. The van der Waals surface area contributed by atoms with Gasteiger partial charge in [0.25, 0.3) is 6.43 Å². The maximum atomic E-state index is 13.7. The molecule has 1 unspecified atom stereocenters. The van der Waals surface area contributed by atoms with Gasteiger partial charge in [-0.05, 0) is 55.8 Å². The SMILES string of the molecule is CNc1nc(OCc2ncc(C(C)(O)C(=O)O)n2C)c(-c2cc(C)nc(C(F)F)c2)c(-c2ccc(F)cc2)n1. The summed E-state index contributed by atoms with van der Waals surface area (Å²) in [5, 5.41) is 22.6. The van der Waals surface area contributed by atoms with Crippen molar-refractivity contribution in [2.24, 2.45) is 7.05 Å². The number of carboxylic acids is 1. The highest BCUT2D eigenvalue weighted by Crippen LogP contribution is 2.39. The number of nitrogens with one attached hydrogen (secondary N) is 1. The van der Waals surface area contributed by atoms with Crippen LogP contribution in [0.4, 0.5) is 19.1 Å². The molecule has 3 N–H and O–H groups in total. The molecule has 0 radical (unpaired) electrons. The molecule has 204 valence electrons. The number of aryl methyl sites for hydroxylation is 1. The van der Waals surface area contributed by atoms with Crippen molar-refractivity contribution in [3.63, 3.8) is 0 Å². The van der Waals surface area contributed by atoms with E-state index in [1.807, 2.05) is 0 Å². The fourth-order valence-electron chi connectivity index (χ4n) is 3.96. The number of aromatic nitrogens is 5. The van der Waals surface area contributed by atoms with Crippen LogP contribution in [0, 0.1) is 12.7 Å². The third kappa shape index (κ3) is 5.53. The van der Waals surface area contributed by atoms with E-state index in [0.29, 0.717) is 16.8 Å². The van der Waals surface area contributed by atoms with Crippen LogP contribution in [0.15, 0.2) is 42.6 Å². The number of benzene rings is 1. The zero-order valence-electron chi connectivity index (χ0n) is 21.4. The summed E-state index contributed by atoms with van der Waals surface area (Å²) in [6.45, 7) is 2.47. The lowest BCUT2D eigenvalue weighted by atomic mass is 9.99. The number of aliphatic carboxylic acids is 1. The second kappa shape index (κ2) is 10.7. The highest BCUT2D eigenvalue weighted by molar-refractivity contribution is 5.85. The van der Waals surface area contributed by atoms with E-state index in [0.717, 1.165) is 6.92 Å². The zero-order chi connectivity index (χ0) is 28.5. The van der Waals surface area contributed by atoms with Crippen LogP contribution in [0.2, 0.25) is 0 Å². The molecule has 39 heavy (non-hydrogen) atoms. The van der Waals surface area contributed by atoms with Crippen LogP contribution >= 0.6 is 0 Å². The summed E-state index contributed by atoms with van der Waals surface area (Å²) in [7, 11) is 3.10. The van der Waals surface area contributed by atoms with E-state index in [2.05, 4.69) is 25.3 Å². The number of rotatable bonds is 9. The summed E-state index contributed by atoms with van der Waals surface area (Å²) in [5.41, 5.74) is -1.01. The Hall–Kier alpha value is -4.52. The molecule has 1 atom stereocenters. The van der Waals surface area contributed by atoms with E-state index >= 15 is 0 Å². The van der Waals surface area contributed by atoms with E-state index in [-0.39, 0.29) is 41.2 Å². The molecule has 0 saturated heterocycles. The third-order valence-electron chi connectivity index (χ3n) is 6.04. The van der Waals surface area contributed by atoms with E-state index in [9.17, 15) is 28.2 Å². The Kier molecular flexibility index (Phi) is 7.54. The molecule has 10 nitrogen and oxygen atoms in total. The molecule has 0 saturated carbocycles. The molecule has 0 amide bonds. The Bertz CT molecular complexity index is 1520. The van der Waals surface area contributed by atoms with Crippen molar-refractivity contribution >= 4 is 11.9 Å². The van der Waals surface area contributed by atoms with Gasteiger partial charge < -0.3 is 24.8 Å². The van der Waals surface area contributed by atoms with Crippen LogP contribution in [-0.2, 0) is 24.1 Å². The Morgan fingerprint density at radius 2 is 1.85 bits per heavy atom. The molecule has 4 aromatic rings. The Labute approximate surface area is 221 Å². The normalized spacial score (nSPS) is 12.8.